The molecule has 0 saturated heterocycles. The van der Waals surface area contributed by atoms with Gasteiger partial charge in [-0.3, -0.25) is 0 Å². The van der Waals surface area contributed by atoms with E-state index in [1.807, 2.05) is 30.3 Å². The Morgan fingerprint density at radius 2 is 1.88 bits per heavy atom. The van der Waals surface area contributed by atoms with Gasteiger partial charge in [0.2, 0.25) is 0 Å². The summed E-state index contributed by atoms with van der Waals surface area (Å²) < 4.78 is 36.0. The van der Waals surface area contributed by atoms with Crippen LogP contribution < -0.4 is 0 Å². The van der Waals surface area contributed by atoms with E-state index in [9.17, 15) is 18.3 Å². The zero-order valence-electron chi connectivity index (χ0n) is 9.32. The van der Waals surface area contributed by atoms with Crippen molar-refractivity contribution >= 4 is 0 Å². The zero-order chi connectivity index (χ0) is 12.5. The van der Waals surface area contributed by atoms with Crippen LogP contribution in [0.3, 0.4) is 0 Å². The number of halogens is 3. The summed E-state index contributed by atoms with van der Waals surface area (Å²) in [6, 6.07) is 9.64. The molecule has 0 aromatic heterocycles. The molecule has 1 aliphatic carbocycles. The third kappa shape index (κ3) is 3.46. The number of aliphatic hydroxyl groups is 1. The van der Waals surface area contributed by atoms with E-state index in [0.29, 0.717) is 0 Å². The van der Waals surface area contributed by atoms with Crippen molar-refractivity contribution in [2.75, 3.05) is 0 Å². The first kappa shape index (κ1) is 12.4. The van der Waals surface area contributed by atoms with Crippen LogP contribution in [0.4, 0.5) is 13.2 Å². The number of benzene rings is 1. The summed E-state index contributed by atoms with van der Waals surface area (Å²) in [5.41, 5.74) is 1.11. The van der Waals surface area contributed by atoms with Crippen LogP contribution in [0, 0.1) is 5.92 Å². The maximum atomic E-state index is 12.0. The van der Waals surface area contributed by atoms with Gasteiger partial charge >= 0.3 is 6.18 Å². The van der Waals surface area contributed by atoms with Crippen LogP contribution in [-0.2, 0) is 0 Å². The van der Waals surface area contributed by atoms with Crippen LogP contribution in [0.25, 0.3) is 0 Å². The zero-order valence-corrected chi connectivity index (χ0v) is 9.32. The van der Waals surface area contributed by atoms with E-state index < -0.39 is 18.7 Å². The molecule has 17 heavy (non-hydrogen) atoms. The Hall–Kier alpha value is -1.03. The second-order valence-electron chi connectivity index (χ2n) is 4.64. The van der Waals surface area contributed by atoms with E-state index in [1.54, 1.807) is 0 Å². The van der Waals surface area contributed by atoms with Gasteiger partial charge in [0.1, 0.15) is 0 Å². The highest BCUT2D eigenvalue weighted by molar-refractivity contribution is 5.26. The predicted molar refractivity (Wildman–Crippen MR) is 58.6 cm³/mol. The molecule has 1 saturated carbocycles. The van der Waals surface area contributed by atoms with Crippen molar-refractivity contribution in [3.05, 3.63) is 35.9 Å². The Morgan fingerprint density at radius 1 is 1.24 bits per heavy atom. The van der Waals surface area contributed by atoms with Crippen LogP contribution in [-0.4, -0.2) is 17.4 Å². The summed E-state index contributed by atoms with van der Waals surface area (Å²) in [5, 5.41) is 9.68. The molecule has 0 aliphatic heterocycles. The standard InChI is InChI=1S/C13H15F3O/c14-13(15,16)7-6-12(17)11-8-10(11)9-4-2-1-3-5-9/h1-5,10-12,17H,6-8H2. The third-order valence-electron chi connectivity index (χ3n) is 3.29. The van der Waals surface area contributed by atoms with Crippen LogP contribution >= 0.6 is 0 Å². The fraction of sp³-hybridized carbons (Fsp3) is 0.538. The van der Waals surface area contributed by atoms with Gasteiger partial charge in [-0.2, -0.15) is 13.2 Å². The van der Waals surface area contributed by atoms with Gasteiger partial charge in [-0.1, -0.05) is 30.3 Å². The number of aliphatic hydroxyl groups excluding tert-OH is 1. The molecule has 1 fully saturated rings. The SMILES string of the molecule is OC(CCC(F)(F)F)C1CC1c1ccccc1. The normalized spacial score (nSPS) is 25.6. The monoisotopic (exact) mass is 244 g/mol. The molecule has 0 amide bonds. The fourth-order valence-electron chi connectivity index (χ4n) is 2.25. The van der Waals surface area contributed by atoms with Crippen molar-refractivity contribution in [1.29, 1.82) is 0 Å². The lowest BCUT2D eigenvalue weighted by molar-refractivity contribution is -0.140. The second kappa shape index (κ2) is 4.69. The molecule has 1 N–H and O–H groups in total. The Bertz CT molecular complexity index is 361. The lowest BCUT2D eigenvalue weighted by atomic mass is 10.0. The van der Waals surface area contributed by atoms with Crippen molar-refractivity contribution in [3.8, 4) is 0 Å². The minimum Gasteiger partial charge on any atom is -0.393 e. The highest BCUT2D eigenvalue weighted by atomic mass is 19.4. The Labute approximate surface area is 98.3 Å². The largest absolute Gasteiger partial charge is 0.393 e. The van der Waals surface area contributed by atoms with Gasteiger partial charge in [0.15, 0.2) is 0 Å². The minimum atomic E-state index is -4.17. The number of hydrogen-bond donors (Lipinski definition) is 1. The summed E-state index contributed by atoms with van der Waals surface area (Å²) in [6.45, 7) is 0. The molecule has 3 unspecified atom stereocenters. The quantitative estimate of drug-likeness (QED) is 0.859. The van der Waals surface area contributed by atoms with Crippen molar-refractivity contribution in [2.45, 2.75) is 37.5 Å². The molecular weight excluding hydrogens is 229 g/mol. The van der Waals surface area contributed by atoms with E-state index in [0.717, 1.165) is 12.0 Å². The summed E-state index contributed by atoms with van der Waals surface area (Å²) in [5.74, 6) is 0.235. The van der Waals surface area contributed by atoms with E-state index in [1.165, 1.54) is 0 Å². The lowest BCUT2D eigenvalue weighted by Crippen LogP contribution is -2.16. The van der Waals surface area contributed by atoms with E-state index >= 15 is 0 Å². The van der Waals surface area contributed by atoms with Crippen LogP contribution in [0.15, 0.2) is 30.3 Å². The molecule has 3 atom stereocenters. The summed E-state index contributed by atoms with van der Waals surface area (Å²) in [4.78, 5) is 0. The first-order valence-electron chi connectivity index (χ1n) is 5.77. The number of alkyl halides is 3. The topological polar surface area (TPSA) is 20.2 Å². The van der Waals surface area contributed by atoms with Gasteiger partial charge in [-0.25, -0.2) is 0 Å². The van der Waals surface area contributed by atoms with Crippen LogP contribution in [0.2, 0.25) is 0 Å². The van der Waals surface area contributed by atoms with Crippen LogP contribution in [0.1, 0.15) is 30.7 Å². The lowest BCUT2D eigenvalue weighted by Gasteiger charge is -2.12. The molecule has 1 aromatic rings. The molecule has 0 spiro atoms. The summed E-state index contributed by atoms with van der Waals surface area (Å²) in [6.07, 6.45) is -5.29. The molecule has 0 heterocycles. The van der Waals surface area contributed by atoms with Gasteiger partial charge in [-0.15, -0.1) is 0 Å². The highest BCUT2D eigenvalue weighted by Gasteiger charge is 2.44. The third-order valence-corrected chi connectivity index (χ3v) is 3.29. The van der Waals surface area contributed by atoms with E-state index in [4.69, 9.17) is 0 Å². The second-order valence-corrected chi connectivity index (χ2v) is 4.64. The van der Waals surface area contributed by atoms with E-state index in [2.05, 4.69) is 0 Å². The average Bonchev–Trinajstić information content (AvgIpc) is 3.06. The van der Waals surface area contributed by atoms with Gasteiger partial charge in [-0.05, 0) is 30.2 Å². The Kier molecular flexibility index (Phi) is 3.43. The van der Waals surface area contributed by atoms with Crippen molar-refractivity contribution in [2.24, 2.45) is 5.92 Å². The molecule has 1 aromatic carbocycles. The molecule has 0 radical (unpaired) electrons. The maximum absolute atomic E-state index is 12.0. The molecule has 2 rings (SSSR count). The molecule has 4 heteroatoms. The first-order valence-corrected chi connectivity index (χ1v) is 5.77. The van der Waals surface area contributed by atoms with Gasteiger partial charge < -0.3 is 5.11 Å². The van der Waals surface area contributed by atoms with Gasteiger partial charge in [0.25, 0.3) is 0 Å². The van der Waals surface area contributed by atoms with Gasteiger partial charge in [0, 0.05) is 6.42 Å². The number of hydrogen-bond acceptors (Lipinski definition) is 1. The average molecular weight is 244 g/mol. The van der Waals surface area contributed by atoms with Crippen molar-refractivity contribution in [1.82, 2.24) is 0 Å². The summed E-state index contributed by atoms with van der Waals surface area (Å²) in [7, 11) is 0. The first-order chi connectivity index (χ1) is 7.97. The molecule has 1 aliphatic rings. The van der Waals surface area contributed by atoms with Crippen molar-refractivity contribution < 1.29 is 18.3 Å². The van der Waals surface area contributed by atoms with Crippen LogP contribution in [0.5, 0.6) is 0 Å². The smallest absolute Gasteiger partial charge is 0.389 e. The molecule has 1 nitrogen and oxygen atoms in total. The maximum Gasteiger partial charge on any atom is 0.389 e. The summed E-state index contributed by atoms with van der Waals surface area (Å²) >= 11 is 0. The molecule has 0 bridgehead atoms. The Morgan fingerprint density at radius 3 is 2.47 bits per heavy atom. The minimum absolute atomic E-state index is 0.000231. The fourth-order valence-corrected chi connectivity index (χ4v) is 2.25. The van der Waals surface area contributed by atoms with Crippen molar-refractivity contribution in [3.63, 3.8) is 0 Å². The molecule has 94 valence electrons. The number of rotatable bonds is 4. The van der Waals surface area contributed by atoms with Gasteiger partial charge in [0.05, 0.1) is 6.10 Å². The predicted octanol–water partition coefficient (Wildman–Crippen LogP) is 3.49. The highest BCUT2D eigenvalue weighted by Crippen LogP contribution is 2.50. The molecular formula is C13H15F3O. The van der Waals surface area contributed by atoms with E-state index in [-0.39, 0.29) is 18.3 Å². The Balaban J connectivity index is 1.83.